The Balaban J connectivity index is 1.37. The molecular weight excluding hydrogens is 452 g/mol. The molecule has 0 aliphatic carbocycles. The summed E-state index contributed by atoms with van der Waals surface area (Å²) in [5.74, 6) is 0.654. The largest absolute Gasteiger partial charge is 0.383 e. The first kappa shape index (κ1) is 23.9. The average Bonchev–Trinajstić information content (AvgIpc) is 2.82. The van der Waals surface area contributed by atoms with E-state index in [1.54, 1.807) is 24.3 Å². The topological polar surface area (TPSA) is 104 Å². The zero-order valence-electron chi connectivity index (χ0n) is 19.4. The van der Waals surface area contributed by atoms with E-state index in [1.165, 1.54) is 0 Å². The van der Waals surface area contributed by atoms with E-state index in [0.717, 1.165) is 10.9 Å². The Morgan fingerprint density at radius 2 is 1.71 bits per heavy atom. The quantitative estimate of drug-likeness (QED) is 0.562. The third-order valence-corrected chi connectivity index (χ3v) is 6.40. The Morgan fingerprint density at radius 3 is 2.41 bits per heavy atom. The number of nitrogens with one attached hydrogen (secondary N) is 1. The van der Waals surface area contributed by atoms with Gasteiger partial charge in [-0.2, -0.15) is 0 Å². The van der Waals surface area contributed by atoms with Gasteiger partial charge in [-0.15, -0.1) is 0 Å². The van der Waals surface area contributed by atoms with Gasteiger partial charge in [-0.1, -0.05) is 49.7 Å². The lowest BCUT2D eigenvalue weighted by Crippen LogP contribution is -2.56. The van der Waals surface area contributed by atoms with E-state index in [-0.39, 0.29) is 17.7 Å². The molecule has 9 heteroatoms. The second-order valence-electron chi connectivity index (χ2n) is 8.82. The summed E-state index contributed by atoms with van der Waals surface area (Å²) in [7, 11) is 0. The molecule has 0 bridgehead atoms. The fourth-order valence-corrected chi connectivity index (χ4v) is 4.34. The molecule has 1 saturated heterocycles. The first-order valence-corrected chi connectivity index (χ1v) is 11.8. The maximum absolute atomic E-state index is 13.3. The molecule has 3 aromatic rings. The molecule has 2 heterocycles. The number of piperazine rings is 1. The molecule has 2 amide bonds. The average molecular weight is 481 g/mol. The van der Waals surface area contributed by atoms with Gasteiger partial charge < -0.3 is 16.0 Å². The van der Waals surface area contributed by atoms with Gasteiger partial charge >= 0.3 is 0 Å². The van der Waals surface area contributed by atoms with Gasteiger partial charge in [0.2, 0.25) is 5.91 Å². The summed E-state index contributed by atoms with van der Waals surface area (Å²) in [5, 5.41) is 4.09. The van der Waals surface area contributed by atoms with Crippen molar-refractivity contribution in [3.8, 4) is 0 Å². The van der Waals surface area contributed by atoms with Gasteiger partial charge in [0.05, 0.1) is 22.6 Å². The minimum Gasteiger partial charge on any atom is -0.383 e. The number of nitrogens with two attached hydrogens (primary N) is 1. The number of aromatic nitrogens is 2. The van der Waals surface area contributed by atoms with Gasteiger partial charge in [0, 0.05) is 31.6 Å². The lowest BCUT2D eigenvalue weighted by molar-refractivity contribution is -0.136. The lowest BCUT2D eigenvalue weighted by atomic mass is 10.0. The number of nitrogens with zero attached hydrogens (tertiary/aromatic N) is 4. The van der Waals surface area contributed by atoms with Crippen molar-refractivity contribution in [3.05, 3.63) is 64.9 Å². The Kier molecular flexibility index (Phi) is 7.29. The zero-order chi connectivity index (χ0) is 24.2. The van der Waals surface area contributed by atoms with Crippen LogP contribution in [-0.2, 0) is 11.3 Å². The van der Waals surface area contributed by atoms with Crippen LogP contribution in [0.2, 0.25) is 5.02 Å². The number of nitrogen functional groups attached to an aromatic ring is 1. The van der Waals surface area contributed by atoms with Crippen LogP contribution in [0.15, 0.2) is 48.5 Å². The molecule has 0 saturated carbocycles. The molecular formula is C25H29ClN6O2. The van der Waals surface area contributed by atoms with E-state index < -0.39 is 6.04 Å². The van der Waals surface area contributed by atoms with Gasteiger partial charge in [0.1, 0.15) is 17.7 Å². The molecule has 0 spiro atoms. The number of anilines is 1. The summed E-state index contributed by atoms with van der Waals surface area (Å²) in [6.07, 6.45) is 0. The Hall–Kier alpha value is -3.23. The third kappa shape index (κ3) is 5.29. The van der Waals surface area contributed by atoms with E-state index in [2.05, 4.69) is 20.2 Å². The number of benzene rings is 2. The van der Waals surface area contributed by atoms with E-state index >= 15 is 0 Å². The van der Waals surface area contributed by atoms with Gasteiger partial charge in [0.15, 0.2) is 0 Å². The Bertz CT molecular complexity index is 1190. The maximum Gasteiger partial charge on any atom is 0.253 e. The van der Waals surface area contributed by atoms with E-state index in [1.807, 2.05) is 43.0 Å². The van der Waals surface area contributed by atoms with E-state index in [0.29, 0.717) is 55.0 Å². The van der Waals surface area contributed by atoms with Crippen molar-refractivity contribution in [2.45, 2.75) is 26.4 Å². The zero-order valence-corrected chi connectivity index (χ0v) is 20.1. The molecule has 8 nitrogen and oxygen atoms in total. The lowest BCUT2D eigenvalue weighted by Gasteiger charge is -2.37. The highest BCUT2D eigenvalue weighted by atomic mass is 35.5. The standard InChI is InChI=1S/C25H29ClN6O2/c1-16(2)22(30-24(33)17-7-3-5-9-19(17)26)25(34)32-13-11-31(12-14-32)15-21-28-20-10-6-4-8-18(20)23(27)29-21/h3-10,16,22H,11-15H2,1-2H3,(H,30,33)(H2,27,28,29). The van der Waals surface area contributed by atoms with Crippen LogP contribution in [0, 0.1) is 5.92 Å². The van der Waals surface area contributed by atoms with Crippen LogP contribution in [0.3, 0.4) is 0 Å². The number of rotatable bonds is 6. The third-order valence-electron chi connectivity index (χ3n) is 6.07. The van der Waals surface area contributed by atoms with E-state index in [9.17, 15) is 9.59 Å². The molecule has 34 heavy (non-hydrogen) atoms. The highest BCUT2D eigenvalue weighted by Gasteiger charge is 2.31. The van der Waals surface area contributed by atoms with Crippen LogP contribution in [0.5, 0.6) is 0 Å². The summed E-state index contributed by atoms with van der Waals surface area (Å²) in [6.45, 7) is 6.91. The molecule has 3 N–H and O–H groups in total. The van der Waals surface area contributed by atoms with Crippen molar-refractivity contribution in [2.24, 2.45) is 5.92 Å². The summed E-state index contributed by atoms with van der Waals surface area (Å²) < 4.78 is 0. The molecule has 178 valence electrons. The molecule has 4 rings (SSSR count). The normalized spacial score (nSPS) is 15.5. The van der Waals surface area contributed by atoms with Gasteiger partial charge in [-0.05, 0) is 30.2 Å². The first-order chi connectivity index (χ1) is 16.3. The summed E-state index contributed by atoms with van der Waals surface area (Å²) in [4.78, 5) is 39.1. The minimum absolute atomic E-state index is 0.0639. The second-order valence-corrected chi connectivity index (χ2v) is 9.23. The minimum atomic E-state index is -0.626. The van der Waals surface area contributed by atoms with Crippen molar-refractivity contribution < 1.29 is 9.59 Å². The van der Waals surface area contributed by atoms with Crippen LogP contribution in [0.4, 0.5) is 5.82 Å². The molecule has 1 unspecified atom stereocenters. The molecule has 0 radical (unpaired) electrons. The number of para-hydroxylation sites is 1. The molecule has 2 aromatic carbocycles. The fourth-order valence-electron chi connectivity index (χ4n) is 4.12. The SMILES string of the molecule is CC(C)C(NC(=O)c1ccccc1Cl)C(=O)N1CCN(Cc2nc(N)c3ccccc3n2)CC1. The summed E-state index contributed by atoms with van der Waals surface area (Å²) in [5.41, 5.74) is 7.30. The molecule has 1 fully saturated rings. The highest BCUT2D eigenvalue weighted by molar-refractivity contribution is 6.33. The van der Waals surface area contributed by atoms with Gasteiger partial charge in [-0.25, -0.2) is 9.97 Å². The van der Waals surface area contributed by atoms with Crippen molar-refractivity contribution in [1.82, 2.24) is 25.1 Å². The summed E-state index contributed by atoms with van der Waals surface area (Å²) in [6, 6.07) is 13.9. The number of carbonyl (C=O) groups is 2. The van der Waals surface area contributed by atoms with Gasteiger partial charge in [0.25, 0.3) is 5.91 Å². The number of hydrogen-bond acceptors (Lipinski definition) is 6. The number of carbonyl (C=O) groups excluding carboxylic acids is 2. The Morgan fingerprint density at radius 1 is 1.03 bits per heavy atom. The second kappa shape index (κ2) is 10.4. The van der Waals surface area contributed by atoms with Gasteiger partial charge in [-0.3, -0.25) is 14.5 Å². The smallest absolute Gasteiger partial charge is 0.253 e. The van der Waals surface area contributed by atoms with Crippen LogP contribution in [0.1, 0.15) is 30.0 Å². The monoisotopic (exact) mass is 480 g/mol. The predicted molar refractivity (Wildman–Crippen MR) is 133 cm³/mol. The highest BCUT2D eigenvalue weighted by Crippen LogP contribution is 2.19. The van der Waals surface area contributed by atoms with Crippen molar-refractivity contribution in [3.63, 3.8) is 0 Å². The maximum atomic E-state index is 13.3. The molecule has 1 atom stereocenters. The van der Waals surface area contributed by atoms with Crippen LogP contribution in [0.25, 0.3) is 10.9 Å². The molecule has 1 aromatic heterocycles. The Labute approximate surface area is 204 Å². The number of fused-ring (bicyclic) bond motifs is 1. The van der Waals surface area contributed by atoms with Crippen LogP contribution >= 0.6 is 11.6 Å². The number of hydrogen-bond donors (Lipinski definition) is 2. The summed E-state index contributed by atoms with van der Waals surface area (Å²) >= 11 is 6.16. The van der Waals surface area contributed by atoms with Crippen LogP contribution < -0.4 is 11.1 Å². The molecule has 1 aliphatic rings. The van der Waals surface area contributed by atoms with Crippen LogP contribution in [-0.4, -0.2) is 63.8 Å². The fraction of sp³-hybridized carbons (Fsp3) is 0.360. The van der Waals surface area contributed by atoms with E-state index in [4.69, 9.17) is 17.3 Å². The van der Waals surface area contributed by atoms with Crippen molar-refractivity contribution in [2.75, 3.05) is 31.9 Å². The first-order valence-electron chi connectivity index (χ1n) is 11.4. The number of amides is 2. The van der Waals surface area contributed by atoms with Crippen molar-refractivity contribution >= 4 is 40.1 Å². The van der Waals surface area contributed by atoms with Crippen molar-refractivity contribution in [1.29, 1.82) is 0 Å². The molecule has 1 aliphatic heterocycles. The number of halogens is 1. The predicted octanol–water partition coefficient (Wildman–Crippen LogP) is 2.96.